The molecule has 1 aliphatic rings. The lowest BCUT2D eigenvalue weighted by Crippen LogP contribution is -2.43. The van der Waals surface area contributed by atoms with Crippen LogP contribution in [-0.4, -0.2) is 38.5 Å². The summed E-state index contributed by atoms with van der Waals surface area (Å²) in [6, 6.07) is 3.29. The fourth-order valence-corrected chi connectivity index (χ4v) is 6.00. The van der Waals surface area contributed by atoms with Crippen LogP contribution >= 0.6 is 31.9 Å². The fourth-order valence-electron chi connectivity index (χ4n) is 2.48. The van der Waals surface area contributed by atoms with Crippen molar-refractivity contribution in [3.63, 3.8) is 0 Å². The highest BCUT2D eigenvalue weighted by Gasteiger charge is 2.33. The van der Waals surface area contributed by atoms with Crippen molar-refractivity contribution < 1.29 is 13.2 Å². The molecular formula is C13H18Br2N2O3S. The molecule has 0 radical (unpaired) electrons. The van der Waals surface area contributed by atoms with Crippen molar-refractivity contribution in [3.8, 4) is 0 Å². The number of benzene rings is 1. The number of piperidine rings is 1. The molecule has 118 valence electrons. The predicted molar refractivity (Wildman–Crippen MR) is 89.7 cm³/mol. The lowest BCUT2D eigenvalue weighted by molar-refractivity contribution is 0.0265. The molecule has 0 aliphatic carbocycles. The molecule has 1 aliphatic heterocycles. The van der Waals surface area contributed by atoms with Gasteiger partial charge in [0.1, 0.15) is 4.90 Å². The van der Waals surface area contributed by atoms with Crippen molar-refractivity contribution in [2.24, 2.45) is 0 Å². The Morgan fingerprint density at radius 2 is 2.14 bits per heavy atom. The Morgan fingerprint density at radius 3 is 2.76 bits per heavy atom. The van der Waals surface area contributed by atoms with Crippen LogP contribution in [0.1, 0.15) is 19.8 Å². The third-order valence-electron chi connectivity index (χ3n) is 3.38. The Morgan fingerprint density at radius 1 is 1.43 bits per heavy atom. The SMILES string of the molecule is CCOC1CCCN(S(=O)(=O)c2c(N)cc(Br)cc2Br)C1. The van der Waals surface area contributed by atoms with E-state index in [0.29, 0.717) is 24.2 Å². The molecule has 1 aromatic carbocycles. The second-order valence-corrected chi connectivity index (χ2v) is 8.53. The molecule has 5 nitrogen and oxygen atoms in total. The zero-order chi connectivity index (χ0) is 15.6. The molecule has 0 amide bonds. The van der Waals surface area contributed by atoms with Gasteiger partial charge in [-0.2, -0.15) is 4.31 Å². The molecule has 1 unspecified atom stereocenters. The quantitative estimate of drug-likeness (QED) is 0.729. The molecule has 2 N–H and O–H groups in total. The Kier molecular flexibility index (Phi) is 5.70. The number of ether oxygens (including phenoxy) is 1. The summed E-state index contributed by atoms with van der Waals surface area (Å²) in [6.45, 7) is 3.37. The highest BCUT2D eigenvalue weighted by Crippen LogP contribution is 2.34. The fraction of sp³-hybridized carbons (Fsp3) is 0.538. The predicted octanol–water partition coefficient (Wildman–Crippen LogP) is 2.98. The van der Waals surface area contributed by atoms with E-state index in [1.807, 2.05) is 6.92 Å². The lowest BCUT2D eigenvalue weighted by Gasteiger charge is -2.32. The number of anilines is 1. The monoisotopic (exact) mass is 440 g/mol. The van der Waals surface area contributed by atoms with Gasteiger partial charge in [0.05, 0.1) is 11.8 Å². The van der Waals surface area contributed by atoms with Crippen LogP contribution in [0.5, 0.6) is 0 Å². The molecular weight excluding hydrogens is 424 g/mol. The van der Waals surface area contributed by atoms with E-state index < -0.39 is 10.0 Å². The first-order valence-electron chi connectivity index (χ1n) is 6.72. The highest BCUT2D eigenvalue weighted by molar-refractivity contribution is 9.11. The molecule has 0 aromatic heterocycles. The van der Waals surface area contributed by atoms with Gasteiger partial charge in [-0.3, -0.25) is 0 Å². The summed E-state index contributed by atoms with van der Waals surface area (Å²) in [5.41, 5.74) is 6.14. The van der Waals surface area contributed by atoms with Gasteiger partial charge in [-0.1, -0.05) is 15.9 Å². The number of hydrogen-bond acceptors (Lipinski definition) is 4. The third kappa shape index (κ3) is 3.79. The number of halogens is 2. The van der Waals surface area contributed by atoms with E-state index in [2.05, 4.69) is 31.9 Å². The van der Waals surface area contributed by atoms with Crippen LogP contribution in [-0.2, 0) is 14.8 Å². The number of rotatable bonds is 4. The van der Waals surface area contributed by atoms with Crippen LogP contribution < -0.4 is 5.73 Å². The van der Waals surface area contributed by atoms with Crippen LogP contribution in [0.15, 0.2) is 26.0 Å². The van der Waals surface area contributed by atoms with Crippen LogP contribution in [0.4, 0.5) is 5.69 Å². The van der Waals surface area contributed by atoms with Gasteiger partial charge in [0.15, 0.2) is 0 Å². The van der Waals surface area contributed by atoms with Gasteiger partial charge in [0.2, 0.25) is 10.0 Å². The van der Waals surface area contributed by atoms with Crippen molar-refractivity contribution in [1.29, 1.82) is 0 Å². The molecule has 1 heterocycles. The molecule has 21 heavy (non-hydrogen) atoms. The lowest BCUT2D eigenvalue weighted by atomic mass is 10.1. The smallest absolute Gasteiger partial charge is 0.246 e. The first-order valence-corrected chi connectivity index (χ1v) is 9.75. The molecule has 1 aromatic rings. The van der Waals surface area contributed by atoms with Gasteiger partial charge < -0.3 is 10.5 Å². The number of nitrogen functional groups attached to an aromatic ring is 1. The second-order valence-electron chi connectivity index (χ2n) is 4.89. The van der Waals surface area contributed by atoms with E-state index in [1.54, 1.807) is 12.1 Å². The standard InChI is InChI=1S/C13H18Br2N2O3S/c1-2-20-10-4-3-5-17(8-10)21(18,19)13-11(15)6-9(14)7-12(13)16/h6-7,10H,2-5,8,16H2,1H3. The maximum atomic E-state index is 12.8. The molecule has 2 rings (SSSR count). The summed E-state index contributed by atoms with van der Waals surface area (Å²) in [5.74, 6) is 0. The van der Waals surface area contributed by atoms with E-state index >= 15 is 0 Å². The third-order valence-corrected chi connectivity index (χ3v) is 6.71. The van der Waals surface area contributed by atoms with Gasteiger partial charge in [0.25, 0.3) is 0 Å². The van der Waals surface area contributed by atoms with Crippen molar-refractivity contribution in [3.05, 3.63) is 21.1 Å². The largest absolute Gasteiger partial charge is 0.398 e. The van der Waals surface area contributed by atoms with Crippen molar-refractivity contribution in [2.45, 2.75) is 30.8 Å². The second kappa shape index (κ2) is 6.95. The molecule has 0 spiro atoms. The maximum absolute atomic E-state index is 12.8. The van der Waals surface area contributed by atoms with Gasteiger partial charge in [0, 0.05) is 28.6 Å². The van der Waals surface area contributed by atoms with Crippen molar-refractivity contribution in [2.75, 3.05) is 25.4 Å². The topological polar surface area (TPSA) is 72.6 Å². The van der Waals surface area contributed by atoms with Crippen molar-refractivity contribution in [1.82, 2.24) is 4.31 Å². The molecule has 1 atom stereocenters. The average Bonchev–Trinajstić information content (AvgIpc) is 2.37. The van der Waals surface area contributed by atoms with Crippen LogP contribution in [0.2, 0.25) is 0 Å². The van der Waals surface area contributed by atoms with Gasteiger partial charge in [-0.15, -0.1) is 0 Å². The minimum Gasteiger partial charge on any atom is -0.398 e. The normalized spacial score (nSPS) is 20.6. The molecule has 0 bridgehead atoms. The summed E-state index contributed by atoms with van der Waals surface area (Å²) >= 11 is 6.60. The first kappa shape index (κ1) is 17.2. The number of hydrogen-bond donors (Lipinski definition) is 1. The van der Waals surface area contributed by atoms with Crippen LogP contribution in [0.3, 0.4) is 0 Å². The molecule has 1 fully saturated rings. The number of sulfonamides is 1. The van der Waals surface area contributed by atoms with Crippen LogP contribution in [0, 0.1) is 0 Å². The summed E-state index contributed by atoms with van der Waals surface area (Å²) < 4.78 is 33.9. The Bertz CT molecular complexity index is 597. The van der Waals surface area contributed by atoms with Gasteiger partial charge in [-0.25, -0.2) is 8.42 Å². The van der Waals surface area contributed by atoms with E-state index in [0.717, 1.165) is 17.3 Å². The minimum absolute atomic E-state index is 0.0472. The van der Waals surface area contributed by atoms with Crippen LogP contribution in [0.25, 0.3) is 0 Å². The highest BCUT2D eigenvalue weighted by atomic mass is 79.9. The summed E-state index contributed by atoms with van der Waals surface area (Å²) in [4.78, 5) is 0.128. The Balaban J connectivity index is 2.34. The summed E-state index contributed by atoms with van der Waals surface area (Å²) in [7, 11) is -3.63. The number of nitrogens with two attached hydrogens (primary N) is 1. The van der Waals surface area contributed by atoms with Gasteiger partial charge >= 0.3 is 0 Å². The van der Waals surface area contributed by atoms with E-state index in [9.17, 15) is 8.42 Å². The molecule has 8 heteroatoms. The summed E-state index contributed by atoms with van der Waals surface area (Å²) in [5, 5.41) is 0. The zero-order valence-electron chi connectivity index (χ0n) is 11.7. The molecule has 0 saturated carbocycles. The van der Waals surface area contributed by atoms with E-state index in [-0.39, 0.29) is 16.7 Å². The average molecular weight is 442 g/mol. The molecule has 1 saturated heterocycles. The number of nitrogens with zero attached hydrogens (tertiary/aromatic N) is 1. The van der Waals surface area contributed by atoms with Gasteiger partial charge in [-0.05, 0) is 47.8 Å². The Hall–Kier alpha value is -0.150. The minimum atomic E-state index is -3.63. The summed E-state index contributed by atoms with van der Waals surface area (Å²) in [6.07, 6.45) is 1.63. The Labute approximate surface area is 142 Å². The maximum Gasteiger partial charge on any atom is 0.246 e. The zero-order valence-corrected chi connectivity index (χ0v) is 15.7. The van der Waals surface area contributed by atoms with Crippen molar-refractivity contribution >= 4 is 47.6 Å². The van der Waals surface area contributed by atoms with E-state index in [1.165, 1.54) is 4.31 Å². The van der Waals surface area contributed by atoms with E-state index in [4.69, 9.17) is 10.5 Å². The first-order chi connectivity index (χ1) is 9.86.